The Bertz CT molecular complexity index is 757. The number of ether oxygens (including phenoxy) is 1. The SMILES string of the molecule is COc1ccc(C(=O)N2CCCCC2)cc1S(=O)(=O)N1CCCC[C@@H]1C. The molecule has 1 amide bonds. The highest BCUT2D eigenvalue weighted by Crippen LogP contribution is 2.32. The van der Waals surface area contributed by atoms with Crippen LogP contribution in [0, 0.1) is 0 Å². The molecule has 0 N–H and O–H groups in total. The molecule has 2 fully saturated rings. The van der Waals surface area contributed by atoms with Gasteiger partial charge in [0, 0.05) is 31.2 Å². The van der Waals surface area contributed by atoms with Crippen LogP contribution in [0.4, 0.5) is 0 Å². The largest absolute Gasteiger partial charge is 0.495 e. The average Bonchev–Trinajstić information content (AvgIpc) is 2.67. The molecule has 0 aliphatic carbocycles. The normalized spacial score (nSPS) is 22.2. The second kappa shape index (κ2) is 7.96. The van der Waals surface area contributed by atoms with Gasteiger partial charge >= 0.3 is 0 Å². The van der Waals surface area contributed by atoms with Crippen molar-refractivity contribution in [1.29, 1.82) is 0 Å². The topological polar surface area (TPSA) is 66.9 Å². The zero-order chi connectivity index (χ0) is 18.7. The molecule has 1 aromatic rings. The van der Waals surface area contributed by atoms with Crippen molar-refractivity contribution in [2.24, 2.45) is 0 Å². The molecule has 144 valence electrons. The first kappa shape index (κ1) is 19.2. The molecular weight excluding hydrogens is 352 g/mol. The lowest BCUT2D eigenvalue weighted by Gasteiger charge is -2.33. The number of sulfonamides is 1. The fraction of sp³-hybridized carbons (Fsp3) is 0.632. The number of piperidine rings is 2. The highest BCUT2D eigenvalue weighted by Gasteiger charge is 2.34. The predicted molar refractivity (Wildman–Crippen MR) is 100.0 cm³/mol. The van der Waals surface area contributed by atoms with Crippen molar-refractivity contribution in [1.82, 2.24) is 9.21 Å². The van der Waals surface area contributed by atoms with E-state index < -0.39 is 10.0 Å². The van der Waals surface area contributed by atoms with E-state index in [2.05, 4.69) is 0 Å². The standard InChI is InChI=1S/C19H28N2O4S/c1-15-8-4-7-13-21(15)26(23,24)18-14-16(9-10-17(18)25-2)19(22)20-11-5-3-6-12-20/h9-10,14-15H,3-8,11-13H2,1-2H3/t15-/m0/s1. The lowest BCUT2D eigenvalue weighted by molar-refractivity contribution is 0.0724. The third kappa shape index (κ3) is 3.74. The number of rotatable bonds is 4. The summed E-state index contributed by atoms with van der Waals surface area (Å²) in [5.41, 5.74) is 0.413. The second-order valence-corrected chi connectivity index (χ2v) is 9.04. The Labute approximate surface area is 156 Å². The van der Waals surface area contributed by atoms with Crippen molar-refractivity contribution < 1.29 is 17.9 Å². The van der Waals surface area contributed by atoms with Crippen molar-refractivity contribution in [3.8, 4) is 5.75 Å². The van der Waals surface area contributed by atoms with Crippen LogP contribution in [0.15, 0.2) is 23.1 Å². The number of benzene rings is 1. The molecule has 1 atom stereocenters. The fourth-order valence-corrected chi connectivity index (χ4v) is 5.73. The third-order valence-corrected chi connectivity index (χ3v) is 7.42. The van der Waals surface area contributed by atoms with Crippen LogP contribution >= 0.6 is 0 Å². The molecule has 0 spiro atoms. The van der Waals surface area contributed by atoms with E-state index in [0.29, 0.717) is 12.1 Å². The molecule has 0 aromatic heterocycles. The van der Waals surface area contributed by atoms with E-state index in [9.17, 15) is 13.2 Å². The number of hydrogen-bond donors (Lipinski definition) is 0. The minimum absolute atomic E-state index is 0.0418. The van der Waals surface area contributed by atoms with Crippen LogP contribution < -0.4 is 4.74 Å². The van der Waals surface area contributed by atoms with E-state index in [1.807, 2.05) is 11.8 Å². The third-order valence-electron chi connectivity index (χ3n) is 5.38. The Morgan fingerprint density at radius 3 is 2.42 bits per heavy atom. The van der Waals surface area contributed by atoms with Gasteiger partial charge in [-0.3, -0.25) is 4.79 Å². The van der Waals surface area contributed by atoms with E-state index in [1.54, 1.807) is 16.4 Å². The van der Waals surface area contributed by atoms with Gasteiger partial charge in [0.1, 0.15) is 10.6 Å². The Kier molecular flexibility index (Phi) is 5.87. The summed E-state index contributed by atoms with van der Waals surface area (Å²) in [4.78, 5) is 14.7. The van der Waals surface area contributed by atoms with Crippen molar-refractivity contribution in [3.63, 3.8) is 0 Å². The van der Waals surface area contributed by atoms with Crippen molar-refractivity contribution >= 4 is 15.9 Å². The van der Waals surface area contributed by atoms with E-state index in [1.165, 1.54) is 13.2 Å². The van der Waals surface area contributed by atoms with Gasteiger partial charge in [-0.25, -0.2) is 8.42 Å². The van der Waals surface area contributed by atoms with E-state index in [4.69, 9.17) is 4.74 Å². The molecule has 2 heterocycles. The maximum atomic E-state index is 13.2. The maximum absolute atomic E-state index is 13.2. The van der Waals surface area contributed by atoms with Crippen LogP contribution in [0.5, 0.6) is 5.75 Å². The molecule has 1 aromatic carbocycles. The predicted octanol–water partition coefficient (Wildman–Crippen LogP) is 2.88. The van der Waals surface area contributed by atoms with Crippen molar-refractivity contribution in [2.75, 3.05) is 26.7 Å². The zero-order valence-electron chi connectivity index (χ0n) is 15.6. The molecule has 0 radical (unpaired) electrons. The van der Waals surface area contributed by atoms with E-state index in [0.717, 1.165) is 51.6 Å². The molecule has 7 heteroatoms. The number of carbonyl (C=O) groups is 1. The van der Waals surface area contributed by atoms with Gasteiger partial charge in [0.2, 0.25) is 10.0 Å². The van der Waals surface area contributed by atoms with Gasteiger partial charge in [-0.1, -0.05) is 6.42 Å². The molecule has 26 heavy (non-hydrogen) atoms. The number of likely N-dealkylation sites (tertiary alicyclic amines) is 1. The van der Waals surface area contributed by atoms with Crippen LogP contribution in [0.25, 0.3) is 0 Å². The highest BCUT2D eigenvalue weighted by molar-refractivity contribution is 7.89. The summed E-state index contributed by atoms with van der Waals surface area (Å²) in [6.45, 7) is 3.91. The maximum Gasteiger partial charge on any atom is 0.253 e. The van der Waals surface area contributed by atoms with Gasteiger partial charge in [-0.15, -0.1) is 0 Å². The van der Waals surface area contributed by atoms with E-state index >= 15 is 0 Å². The Morgan fingerprint density at radius 1 is 1.08 bits per heavy atom. The number of hydrogen-bond acceptors (Lipinski definition) is 4. The molecule has 2 aliphatic rings. The first-order chi connectivity index (χ1) is 12.4. The summed E-state index contributed by atoms with van der Waals surface area (Å²) >= 11 is 0. The molecule has 3 rings (SSSR count). The zero-order valence-corrected chi connectivity index (χ0v) is 16.4. The monoisotopic (exact) mass is 380 g/mol. The van der Waals surface area contributed by atoms with Gasteiger partial charge in [-0.2, -0.15) is 4.31 Å². The molecule has 6 nitrogen and oxygen atoms in total. The number of carbonyl (C=O) groups excluding carboxylic acids is 1. The van der Waals surface area contributed by atoms with Crippen LogP contribution in [0.3, 0.4) is 0 Å². The lowest BCUT2D eigenvalue weighted by atomic mass is 10.1. The lowest BCUT2D eigenvalue weighted by Crippen LogP contribution is -2.42. The summed E-state index contributed by atoms with van der Waals surface area (Å²) < 4.78 is 33.4. The quantitative estimate of drug-likeness (QED) is 0.806. The molecule has 0 unspecified atom stereocenters. The van der Waals surface area contributed by atoms with Crippen molar-refractivity contribution in [3.05, 3.63) is 23.8 Å². The van der Waals surface area contributed by atoms with Crippen LogP contribution in [-0.4, -0.2) is 56.3 Å². The van der Waals surface area contributed by atoms with Crippen LogP contribution in [0.1, 0.15) is 55.8 Å². The minimum atomic E-state index is -3.70. The average molecular weight is 381 g/mol. The molecule has 0 bridgehead atoms. The van der Waals surface area contributed by atoms with Crippen molar-refractivity contribution in [2.45, 2.75) is 56.4 Å². The van der Waals surface area contributed by atoms with Gasteiger partial charge in [-0.05, 0) is 57.2 Å². The van der Waals surface area contributed by atoms with Gasteiger partial charge < -0.3 is 9.64 Å². The number of nitrogens with zero attached hydrogens (tertiary/aromatic N) is 2. The molecule has 2 saturated heterocycles. The number of methoxy groups -OCH3 is 1. The van der Waals surface area contributed by atoms with Gasteiger partial charge in [0.15, 0.2) is 0 Å². The van der Waals surface area contributed by atoms with Crippen LogP contribution in [-0.2, 0) is 10.0 Å². The fourth-order valence-electron chi connectivity index (χ4n) is 3.85. The van der Waals surface area contributed by atoms with Crippen LogP contribution in [0.2, 0.25) is 0 Å². The summed E-state index contributed by atoms with van der Waals surface area (Å²) in [6.07, 6.45) is 5.89. The molecule has 0 saturated carbocycles. The Hall–Kier alpha value is -1.60. The summed E-state index contributed by atoms with van der Waals surface area (Å²) in [7, 11) is -2.24. The Morgan fingerprint density at radius 2 is 1.77 bits per heavy atom. The number of amides is 1. The molecule has 2 aliphatic heterocycles. The Balaban J connectivity index is 1.96. The van der Waals surface area contributed by atoms with E-state index in [-0.39, 0.29) is 22.6 Å². The highest BCUT2D eigenvalue weighted by atomic mass is 32.2. The summed E-state index contributed by atoms with van der Waals surface area (Å²) in [6, 6.07) is 4.71. The molecular formula is C19H28N2O4S. The van der Waals surface area contributed by atoms with Gasteiger partial charge in [0.25, 0.3) is 5.91 Å². The minimum Gasteiger partial charge on any atom is -0.495 e. The first-order valence-corrected chi connectivity index (χ1v) is 10.9. The smallest absolute Gasteiger partial charge is 0.253 e. The summed E-state index contributed by atoms with van der Waals surface area (Å²) in [5, 5.41) is 0. The first-order valence-electron chi connectivity index (χ1n) is 9.44. The summed E-state index contributed by atoms with van der Waals surface area (Å²) in [5.74, 6) is 0.188. The van der Waals surface area contributed by atoms with Gasteiger partial charge in [0.05, 0.1) is 7.11 Å². The second-order valence-electron chi connectivity index (χ2n) is 7.18.